The van der Waals surface area contributed by atoms with Gasteiger partial charge in [0.05, 0.1) is 35.0 Å². The summed E-state index contributed by atoms with van der Waals surface area (Å²) in [5.74, 6) is 0.811. The molecule has 0 aliphatic carbocycles. The van der Waals surface area contributed by atoms with Gasteiger partial charge in [-0.1, -0.05) is 103 Å². The second kappa shape index (κ2) is 12.7. The maximum atomic E-state index is 4.96. The van der Waals surface area contributed by atoms with Crippen molar-refractivity contribution in [2.24, 2.45) is 9.98 Å². The first kappa shape index (κ1) is 29.5. The Labute approximate surface area is 290 Å². The van der Waals surface area contributed by atoms with Crippen molar-refractivity contribution in [3.8, 4) is 17.2 Å². The Morgan fingerprint density at radius 1 is 0.620 bits per heavy atom. The van der Waals surface area contributed by atoms with Crippen LogP contribution in [0.3, 0.4) is 0 Å². The molecule has 9 rings (SSSR count). The first-order valence-electron chi connectivity index (χ1n) is 16.8. The number of aromatic nitrogens is 3. The number of hydrogen-bond acceptors (Lipinski definition) is 5. The molecule has 0 spiro atoms. The zero-order chi connectivity index (χ0) is 33.3. The van der Waals surface area contributed by atoms with Gasteiger partial charge in [0.25, 0.3) is 0 Å². The lowest BCUT2D eigenvalue weighted by atomic mass is 10.0. The zero-order valence-corrected chi connectivity index (χ0v) is 27.2. The van der Waals surface area contributed by atoms with Crippen molar-refractivity contribution in [3.63, 3.8) is 0 Å². The Morgan fingerprint density at radius 2 is 1.34 bits per heavy atom. The van der Waals surface area contributed by atoms with Gasteiger partial charge in [-0.2, -0.15) is 0 Å². The van der Waals surface area contributed by atoms with E-state index in [-0.39, 0.29) is 6.04 Å². The molecule has 8 aromatic rings. The molecule has 238 valence electrons. The Hall–Kier alpha value is -6.66. The monoisotopic (exact) mass is 644 g/mol. The van der Waals surface area contributed by atoms with Crippen LogP contribution < -0.4 is 4.90 Å². The summed E-state index contributed by atoms with van der Waals surface area (Å²) in [6.45, 7) is 0.559. The fraction of sp³-hybridized carbons (Fsp3) is 0.0455. The van der Waals surface area contributed by atoms with Crippen LogP contribution in [0.5, 0.6) is 0 Å². The Bertz CT molecular complexity index is 2490. The standard InChI is InChI=1S/C44H32N6/c1-3-14-34(15-4-1)49(42-21-11-13-31-12-7-8-18-37(31)42)36-25-22-32(23-26-36)40-29-47-41(30-46-40)33-24-27-39(45-28-33)44-48-38-19-9-10-20-43(38)50(44)35-16-5-2-6-17-35/h1-29,41H,30H2. The van der Waals surface area contributed by atoms with Crippen molar-refractivity contribution >= 4 is 50.8 Å². The first-order valence-corrected chi connectivity index (χ1v) is 16.8. The zero-order valence-electron chi connectivity index (χ0n) is 27.2. The SMILES string of the molecule is C1=NC(c2ccc(-c3nc4ccccc4n3-c3ccccc3)nc2)CN=C1c1ccc(N(c2ccccc2)c2cccc3ccccc23)cc1. The molecule has 1 unspecified atom stereocenters. The second-order valence-corrected chi connectivity index (χ2v) is 12.3. The van der Waals surface area contributed by atoms with E-state index in [1.54, 1.807) is 0 Å². The summed E-state index contributed by atoms with van der Waals surface area (Å²) in [6.07, 6.45) is 3.80. The molecule has 0 amide bonds. The molecule has 1 aliphatic rings. The topological polar surface area (TPSA) is 58.7 Å². The van der Waals surface area contributed by atoms with Crippen molar-refractivity contribution in [2.75, 3.05) is 11.4 Å². The summed E-state index contributed by atoms with van der Waals surface area (Å²) >= 11 is 0. The van der Waals surface area contributed by atoms with Gasteiger partial charge in [0.2, 0.25) is 0 Å². The number of hydrogen-bond donors (Lipinski definition) is 0. The second-order valence-electron chi connectivity index (χ2n) is 12.3. The normalized spacial score (nSPS) is 14.2. The summed E-state index contributed by atoms with van der Waals surface area (Å²) < 4.78 is 2.17. The maximum Gasteiger partial charge on any atom is 0.164 e. The lowest BCUT2D eigenvalue weighted by Gasteiger charge is -2.27. The minimum absolute atomic E-state index is 0.0903. The number of anilines is 3. The molecule has 6 nitrogen and oxygen atoms in total. The van der Waals surface area contributed by atoms with E-state index >= 15 is 0 Å². The lowest BCUT2D eigenvalue weighted by Crippen LogP contribution is -2.15. The van der Waals surface area contributed by atoms with Crippen LogP contribution >= 0.6 is 0 Å². The third-order valence-corrected chi connectivity index (χ3v) is 9.23. The number of pyridine rings is 1. The molecular formula is C44H32N6. The fourth-order valence-corrected chi connectivity index (χ4v) is 6.75. The Balaban J connectivity index is 0.962. The molecule has 50 heavy (non-hydrogen) atoms. The summed E-state index contributed by atoms with van der Waals surface area (Å²) in [5, 5.41) is 2.41. The summed E-state index contributed by atoms with van der Waals surface area (Å²) in [5.41, 5.74) is 10.1. The molecule has 2 aromatic heterocycles. The van der Waals surface area contributed by atoms with Crippen LogP contribution in [0, 0.1) is 0 Å². The Kier molecular flexibility index (Phi) is 7.52. The molecular weight excluding hydrogens is 613 g/mol. The van der Waals surface area contributed by atoms with Crippen LogP contribution in [0.1, 0.15) is 17.2 Å². The van der Waals surface area contributed by atoms with Crippen molar-refractivity contribution < 1.29 is 0 Å². The van der Waals surface area contributed by atoms with E-state index in [1.807, 2.05) is 54.9 Å². The molecule has 0 N–H and O–H groups in total. The predicted molar refractivity (Wildman–Crippen MR) is 206 cm³/mol. The van der Waals surface area contributed by atoms with Gasteiger partial charge in [-0.15, -0.1) is 0 Å². The average Bonchev–Trinajstić information content (AvgIpc) is 3.59. The number of imidazole rings is 1. The highest BCUT2D eigenvalue weighted by molar-refractivity contribution is 6.38. The van der Waals surface area contributed by atoms with E-state index in [2.05, 4.69) is 131 Å². The summed E-state index contributed by atoms with van der Waals surface area (Å²) in [6, 6.07) is 56.6. The van der Waals surface area contributed by atoms with Crippen molar-refractivity contribution in [1.29, 1.82) is 0 Å². The van der Waals surface area contributed by atoms with Crippen molar-refractivity contribution in [3.05, 3.63) is 181 Å². The van der Waals surface area contributed by atoms with E-state index in [9.17, 15) is 0 Å². The fourth-order valence-electron chi connectivity index (χ4n) is 6.75. The average molecular weight is 645 g/mol. The minimum atomic E-state index is -0.0903. The molecule has 3 heterocycles. The van der Waals surface area contributed by atoms with E-state index in [4.69, 9.17) is 20.0 Å². The van der Waals surface area contributed by atoms with Crippen LogP contribution in [0.15, 0.2) is 180 Å². The number of benzene rings is 6. The summed E-state index contributed by atoms with van der Waals surface area (Å²) in [7, 11) is 0. The smallest absolute Gasteiger partial charge is 0.164 e. The number of aliphatic imine (C=N–C) groups is 2. The van der Waals surface area contributed by atoms with Crippen LogP contribution in [-0.4, -0.2) is 33.0 Å². The quantitative estimate of drug-likeness (QED) is 0.173. The first-order chi connectivity index (χ1) is 24.8. The lowest BCUT2D eigenvalue weighted by molar-refractivity contribution is 0.734. The van der Waals surface area contributed by atoms with Gasteiger partial charge in [-0.25, -0.2) is 4.98 Å². The summed E-state index contributed by atoms with van der Waals surface area (Å²) in [4.78, 5) is 22.0. The number of nitrogens with zero attached hydrogens (tertiary/aromatic N) is 6. The highest BCUT2D eigenvalue weighted by Crippen LogP contribution is 2.39. The van der Waals surface area contributed by atoms with E-state index < -0.39 is 0 Å². The van der Waals surface area contributed by atoms with Gasteiger partial charge in [-0.3, -0.25) is 19.5 Å². The third kappa shape index (κ3) is 5.43. The highest BCUT2D eigenvalue weighted by atomic mass is 15.1. The van der Waals surface area contributed by atoms with Crippen LogP contribution in [0.4, 0.5) is 17.1 Å². The van der Waals surface area contributed by atoms with Crippen LogP contribution in [-0.2, 0) is 0 Å². The Morgan fingerprint density at radius 3 is 2.12 bits per heavy atom. The molecule has 1 atom stereocenters. The number of fused-ring (bicyclic) bond motifs is 2. The molecule has 0 saturated heterocycles. The van der Waals surface area contributed by atoms with Gasteiger partial charge in [0, 0.05) is 40.4 Å². The largest absolute Gasteiger partial charge is 0.310 e. The molecule has 0 saturated carbocycles. The highest BCUT2D eigenvalue weighted by Gasteiger charge is 2.19. The number of rotatable bonds is 7. The van der Waals surface area contributed by atoms with Gasteiger partial charge >= 0.3 is 0 Å². The van der Waals surface area contributed by atoms with Gasteiger partial charge in [0.15, 0.2) is 5.82 Å². The van der Waals surface area contributed by atoms with E-state index in [0.717, 1.165) is 62.1 Å². The van der Waals surface area contributed by atoms with Gasteiger partial charge in [-0.05, 0) is 71.6 Å². The molecule has 1 aliphatic heterocycles. The van der Waals surface area contributed by atoms with Gasteiger partial charge < -0.3 is 4.90 Å². The van der Waals surface area contributed by atoms with Gasteiger partial charge in [0.1, 0.15) is 5.69 Å². The predicted octanol–water partition coefficient (Wildman–Crippen LogP) is 10.3. The van der Waals surface area contributed by atoms with Crippen molar-refractivity contribution in [2.45, 2.75) is 6.04 Å². The van der Waals surface area contributed by atoms with Crippen molar-refractivity contribution in [1.82, 2.24) is 14.5 Å². The van der Waals surface area contributed by atoms with Crippen LogP contribution in [0.25, 0.3) is 39.0 Å². The third-order valence-electron chi connectivity index (χ3n) is 9.23. The molecule has 0 fully saturated rings. The number of para-hydroxylation sites is 4. The van der Waals surface area contributed by atoms with E-state index in [0.29, 0.717) is 6.54 Å². The molecule has 0 bridgehead atoms. The maximum absolute atomic E-state index is 4.96. The molecule has 6 aromatic carbocycles. The molecule has 6 heteroatoms. The minimum Gasteiger partial charge on any atom is -0.310 e. The van der Waals surface area contributed by atoms with E-state index in [1.165, 1.54) is 10.8 Å². The van der Waals surface area contributed by atoms with Crippen LogP contribution in [0.2, 0.25) is 0 Å². The molecule has 0 radical (unpaired) electrons.